The van der Waals surface area contributed by atoms with Gasteiger partial charge in [-0.3, -0.25) is 0 Å². The highest BCUT2D eigenvalue weighted by Gasteiger charge is 2.27. The molecular formula is C12H24N4O3Si. The summed E-state index contributed by atoms with van der Waals surface area (Å²) in [6.07, 6.45) is -0.149. The molecule has 7 nitrogen and oxygen atoms in total. The Hall–Kier alpha value is -1.24. The number of likely N-dealkylation sites (tertiary alicyclic amines) is 1. The minimum atomic E-state index is -1.21. The van der Waals surface area contributed by atoms with Crippen molar-refractivity contribution in [3.05, 3.63) is 10.4 Å². The number of aliphatic hydroxyl groups excluding tert-OH is 1. The lowest BCUT2D eigenvalue weighted by Gasteiger charge is -2.21. The monoisotopic (exact) mass is 300 g/mol. The molecule has 0 saturated carbocycles. The van der Waals surface area contributed by atoms with Crippen molar-refractivity contribution in [3.8, 4) is 0 Å². The number of aliphatic hydroxyl groups is 1. The lowest BCUT2D eigenvalue weighted by molar-refractivity contribution is 0.104. The highest BCUT2D eigenvalue weighted by molar-refractivity contribution is 6.76. The summed E-state index contributed by atoms with van der Waals surface area (Å²) in [6.45, 7) is 8.03. The van der Waals surface area contributed by atoms with Crippen molar-refractivity contribution in [2.24, 2.45) is 5.11 Å². The number of hydrogen-bond donors (Lipinski definition) is 1. The van der Waals surface area contributed by atoms with Gasteiger partial charge in [0, 0.05) is 26.1 Å². The van der Waals surface area contributed by atoms with E-state index in [9.17, 15) is 9.90 Å². The van der Waals surface area contributed by atoms with Gasteiger partial charge in [-0.2, -0.15) is 0 Å². The van der Waals surface area contributed by atoms with Crippen LogP contribution in [0.4, 0.5) is 4.79 Å². The molecule has 0 unspecified atom stereocenters. The molecule has 20 heavy (non-hydrogen) atoms. The number of rotatable bonds is 4. The average molecular weight is 300 g/mol. The van der Waals surface area contributed by atoms with Crippen LogP contribution < -0.4 is 0 Å². The SMILES string of the molecule is C[Si](C)(C)CCOC(=O)N1CC[C@@H](O)[C@H](N=[N+]=[N-])CC1. The zero-order chi connectivity index (χ0) is 15.2. The second-order valence-electron chi connectivity index (χ2n) is 6.33. The van der Waals surface area contributed by atoms with Crippen LogP contribution in [0.5, 0.6) is 0 Å². The van der Waals surface area contributed by atoms with Gasteiger partial charge in [0.1, 0.15) is 0 Å². The fraction of sp³-hybridized carbons (Fsp3) is 0.917. The van der Waals surface area contributed by atoms with Crippen LogP contribution >= 0.6 is 0 Å². The second kappa shape index (κ2) is 7.52. The normalized spacial score (nSPS) is 23.7. The molecular weight excluding hydrogens is 276 g/mol. The molecule has 0 aliphatic carbocycles. The highest BCUT2D eigenvalue weighted by Crippen LogP contribution is 2.16. The summed E-state index contributed by atoms with van der Waals surface area (Å²) in [5, 5.41) is 13.4. The Morgan fingerprint density at radius 2 is 2.10 bits per heavy atom. The number of carbonyl (C=O) groups is 1. The molecule has 1 N–H and O–H groups in total. The Balaban J connectivity index is 2.44. The molecule has 1 aliphatic heterocycles. The summed E-state index contributed by atoms with van der Waals surface area (Å²) in [5.41, 5.74) is 8.44. The Morgan fingerprint density at radius 3 is 2.70 bits per heavy atom. The van der Waals surface area contributed by atoms with E-state index in [0.717, 1.165) is 6.04 Å². The third-order valence-corrected chi connectivity index (χ3v) is 5.07. The predicted molar refractivity (Wildman–Crippen MR) is 79.2 cm³/mol. The van der Waals surface area contributed by atoms with Crippen LogP contribution in [0.25, 0.3) is 10.4 Å². The van der Waals surface area contributed by atoms with E-state index in [1.54, 1.807) is 4.90 Å². The van der Waals surface area contributed by atoms with E-state index in [0.29, 0.717) is 32.5 Å². The molecule has 1 amide bonds. The van der Waals surface area contributed by atoms with Crippen molar-refractivity contribution in [2.45, 2.75) is 50.7 Å². The van der Waals surface area contributed by atoms with Crippen LogP contribution in [0.15, 0.2) is 5.11 Å². The van der Waals surface area contributed by atoms with E-state index >= 15 is 0 Å². The molecule has 0 aromatic heterocycles. The van der Waals surface area contributed by atoms with E-state index in [1.165, 1.54) is 0 Å². The Labute approximate surface area is 120 Å². The Kier molecular flexibility index (Phi) is 6.32. The Bertz CT molecular complexity index is 379. The van der Waals surface area contributed by atoms with Crippen LogP contribution in [0.3, 0.4) is 0 Å². The third kappa shape index (κ3) is 5.81. The lowest BCUT2D eigenvalue weighted by atomic mass is 10.1. The molecule has 114 valence electrons. The van der Waals surface area contributed by atoms with Crippen LogP contribution in [-0.2, 0) is 4.74 Å². The first-order chi connectivity index (χ1) is 9.33. The zero-order valence-electron chi connectivity index (χ0n) is 12.4. The molecule has 1 saturated heterocycles. The van der Waals surface area contributed by atoms with E-state index < -0.39 is 20.2 Å². The van der Waals surface area contributed by atoms with Crippen molar-refractivity contribution in [1.29, 1.82) is 0 Å². The van der Waals surface area contributed by atoms with Gasteiger partial charge < -0.3 is 14.7 Å². The maximum absolute atomic E-state index is 11.9. The molecule has 0 radical (unpaired) electrons. The fourth-order valence-electron chi connectivity index (χ4n) is 1.99. The largest absolute Gasteiger partial charge is 0.450 e. The molecule has 0 aromatic rings. The summed E-state index contributed by atoms with van der Waals surface area (Å²) >= 11 is 0. The fourth-order valence-corrected chi connectivity index (χ4v) is 2.71. The lowest BCUT2D eigenvalue weighted by Crippen LogP contribution is -2.34. The number of carbonyl (C=O) groups excluding carboxylic acids is 1. The molecule has 1 aliphatic rings. The van der Waals surface area contributed by atoms with Crippen LogP contribution in [0.1, 0.15) is 12.8 Å². The number of nitrogens with zero attached hydrogens (tertiary/aromatic N) is 4. The minimum Gasteiger partial charge on any atom is -0.450 e. The number of azide groups is 1. The van der Waals surface area contributed by atoms with Crippen molar-refractivity contribution < 1.29 is 14.6 Å². The summed E-state index contributed by atoms with van der Waals surface area (Å²) in [6, 6.07) is 0.482. The van der Waals surface area contributed by atoms with E-state index in [2.05, 4.69) is 29.7 Å². The van der Waals surface area contributed by atoms with Gasteiger partial charge in [0.2, 0.25) is 0 Å². The minimum absolute atomic E-state index is 0.336. The predicted octanol–water partition coefficient (Wildman–Crippen LogP) is 2.60. The number of hydrogen-bond acceptors (Lipinski definition) is 4. The molecule has 2 atom stereocenters. The molecule has 1 heterocycles. The second-order valence-corrected chi connectivity index (χ2v) is 12.0. The summed E-state index contributed by atoms with van der Waals surface area (Å²) in [7, 11) is -1.21. The van der Waals surface area contributed by atoms with Gasteiger partial charge in [-0.25, -0.2) is 4.79 Å². The summed E-state index contributed by atoms with van der Waals surface area (Å²) in [5.74, 6) is 0. The molecule has 0 bridgehead atoms. The summed E-state index contributed by atoms with van der Waals surface area (Å²) < 4.78 is 5.28. The van der Waals surface area contributed by atoms with Crippen molar-refractivity contribution in [3.63, 3.8) is 0 Å². The van der Waals surface area contributed by atoms with E-state index in [-0.39, 0.29) is 6.09 Å². The first-order valence-electron chi connectivity index (χ1n) is 6.97. The van der Waals surface area contributed by atoms with Crippen molar-refractivity contribution in [2.75, 3.05) is 19.7 Å². The topological polar surface area (TPSA) is 98.5 Å². The van der Waals surface area contributed by atoms with Crippen molar-refractivity contribution >= 4 is 14.2 Å². The van der Waals surface area contributed by atoms with Gasteiger partial charge in [0.15, 0.2) is 0 Å². The molecule has 0 spiro atoms. The van der Waals surface area contributed by atoms with Gasteiger partial charge in [-0.05, 0) is 24.4 Å². The number of amides is 1. The summed E-state index contributed by atoms with van der Waals surface area (Å²) in [4.78, 5) is 16.3. The average Bonchev–Trinajstić information content (AvgIpc) is 2.52. The van der Waals surface area contributed by atoms with Crippen LogP contribution in [0, 0.1) is 0 Å². The molecule has 1 rings (SSSR count). The Morgan fingerprint density at radius 1 is 1.45 bits per heavy atom. The maximum atomic E-state index is 11.9. The highest BCUT2D eigenvalue weighted by atomic mass is 28.3. The first kappa shape index (κ1) is 16.8. The van der Waals surface area contributed by atoms with Crippen LogP contribution in [-0.4, -0.2) is 56.0 Å². The third-order valence-electron chi connectivity index (χ3n) is 3.37. The van der Waals surface area contributed by atoms with Gasteiger partial charge in [0.25, 0.3) is 0 Å². The number of ether oxygens (including phenoxy) is 1. The van der Waals surface area contributed by atoms with Gasteiger partial charge in [-0.1, -0.05) is 24.8 Å². The van der Waals surface area contributed by atoms with Gasteiger partial charge in [0.05, 0.1) is 18.8 Å². The molecule has 8 heteroatoms. The molecule has 1 fully saturated rings. The maximum Gasteiger partial charge on any atom is 0.409 e. The van der Waals surface area contributed by atoms with E-state index in [4.69, 9.17) is 10.3 Å². The quantitative estimate of drug-likeness (QED) is 0.374. The molecule has 0 aromatic carbocycles. The van der Waals surface area contributed by atoms with Crippen molar-refractivity contribution in [1.82, 2.24) is 4.90 Å². The van der Waals surface area contributed by atoms with Gasteiger partial charge in [-0.15, -0.1) is 0 Å². The van der Waals surface area contributed by atoms with Gasteiger partial charge >= 0.3 is 6.09 Å². The zero-order valence-corrected chi connectivity index (χ0v) is 13.4. The smallest absolute Gasteiger partial charge is 0.409 e. The van der Waals surface area contributed by atoms with Crippen LogP contribution in [0.2, 0.25) is 25.7 Å². The van der Waals surface area contributed by atoms with E-state index in [1.807, 2.05) is 0 Å². The first-order valence-corrected chi connectivity index (χ1v) is 10.7. The standard InChI is InChI=1S/C12H24N4O3Si/c1-20(2,3)9-8-19-12(18)16-6-4-10(14-15-13)11(17)5-7-16/h10-11,17H,4-9H2,1-3H3/t10-,11-/m1/s1.